The third-order valence-corrected chi connectivity index (χ3v) is 4.14. The van der Waals surface area contributed by atoms with Crippen molar-refractivity contribution in [3.05, 3.63) is 63.3 Å². The molecule has 1 N–H and O–H groups in total. The molecule has 0 amide bonds. The molecule has 22 heavy (non-hydrogen) atoms. The van der Waals surface area contributed by atoms with Crippen molar-refractivity contribution in [2.45, 2.75) is 25.7 Å². The van der Waals surface area contributed by atoms with E-state index < -0.39 is 0 Å². The van der Waals surface area contributed by atoms with Gasteiger partial charge in [-0.25, -0.2) is 4.98 Å². The monoisotopic (exact) mass is 316 g/mol. The second-order valence-electron chi connectivity index (χ2n) is 5.31. The Balaban J connectivity index is 1.83. The number of nitrogens with one attached hydrogen (secondary N) is 1. The minimum atomic E-state index is -0.132. The highest BCUT2D eigenvalue weighted by Gasteiger charge is 2.17. The highest BCUT2D eigenvalue weighted by Crippen LogP contribution is 2.35. The first-order valence-corrected chi connectivity index (χ1v) is 7.75. The molecule has 2 aromatic heterocycles. The van der Waals surface area contributed by atoms with Crippen molar-refractivity contribution in [2.24, 2.45) is 0 Å². The molecule has 2 heterocycles. The highest BCUT2D eigenvalue weighted by molar-refractivity contribution is 6.31. The number of nitrogens with zero attached hydrogens (tertiary/aromatic N) is 1. The van der Waals surface area contributed by atoms with Crippen LogP contribution >= 0.6 is 11.6 Å². The van der Waals surface area contributed by atoms with Crippen LogP contribution in [0.5, 0.6) is 5.75 Å². The summed E-state index contributed by atoms with van der Waals surface area (Å²) < 4.78 is 5.80. The smallest absolute Gasteiger partial charge is 0.248 e. The summed E-state index contributed by atoms with van der Waals surface area (Å²) >= 11 is 6.23. The predicted molar refractivity (Wildman–Crippen MR) is 87.2 cm³/mol. The molecule has 0 saturated heterocycles. The first-order valence-electron chi connectivity index (χ1n) is 7.37. The molecule has 0 saturated carbocycles. The number of hydrogen-bond donors (Lipinski definition) is 1. The van der Waals surface area contributed by atoms with Gasteiger partial charge in [-0.2, -0.15) is 0 Å². The number of aromatic amines is 1. The zero-order chi connectivity index (χ0) is 15.4. The lowest BCUT2D eigenvalue weighted by Crippen LogP contribution is -2.10. The highest BCUT2D eigenvalue weighted by atomic mass is 35.5. The van der Waals surface area contributed by atoms with Crippen molar-refractivity contribution < 1.29 is 4.74 Å². The van der Waals surface area contributed by atoms with Crippen LogP contribution in [-0.4, -0.2) is 16.6 Å². The van der Waals surface area contributed by atoms with E-state index in [1.807, 2.05) is 12.1 Å². The maximum Gasteiger partial charge on any atom is 0.248 e. The van der Waals surface area contributed by atoms with E-state index in [4.69, 9.17) is 16.3 Å². The average molecular weight is 317 g/mol. The Hall–Kier alpha value is -2.07. The van der Waals surface area contributed by atoms with E-state index in [0.29, 0.717) is 17.5 Å². The van der Waals surface area contributed by atoms with E-state index >= 15 is 0 Å². The molecular formula is C17H17ClN2O2. The van der Waals surface area contributed by atoms with Crippen LogP contribution in [0, 0.1) is 0 Å². The van der Waals surface area contributed by atoms with E-state index in [1.165, 1.54) is 17.2 Å². The molecule has 0 bridgehead atoms. The molecule has 4 nitrogen and oxygen atoms in total. The van der Waals surface area contributed by atoms with Crippen LogP contribution in [0.1, 0.15) is 31.2 Å². The van der Waals surface area contributed by atoms with Gasteiger partial charge in [-0.15, -0.1) is 0 Å². The molecule has 0 unspecified atom stereocenters. The van der Waals surface area contributed by atoms with Gasteiger partial charge < -0.3 is 9.72 Å². The summed E-state index contributed by atoms with van der Waals surface area (Å²) in [6, 6.07) is 7.06. The summed E-state index contributed by atoms with van der Waals surface area (Å²) in [5, 5.41) is 0.543. The summed E-state index contributed by atoms with van der Waals surface area (Å²) in [5.74, 6) is 0.661. The molecule has 114 valence electrons. The topological polar surface area (TPSA) is 55.0 Å². The number of halogens is 1. The van der Waals surface area contributed by atoms with E-state index in [2.05, 4.69) is 9.97 Å². The summed E-state index contributed by atoms with van der Waals surface area (Å²) in [6.45, 7) is 0.507. The Morgan fingerprint density at radius 1 is 1.23 bits per heavy atom. The molecule has 5 heteroatoms. The number of aromatic nitrogens is 2. The van der Waals surface area contributed by atoms with Crippen LogP contribution in [0.2, 0.25) is 5.15 Å². The average Bonchev–Trinajstić information content (AvgIpc) is 2.55. The fraction of sp³-hybridized carbons (Fsp3) is 0.294. The summed E-state index contributed by atoms with van der Waals surface area (Å²) in [7, 11) is 0. The minimum Gasteiger partial charge on any atom is -0.488 e. The van der Waals surface area contributed by atoms with Crippen molar-refractivity contribution in [2.75, 3.05) is 6.61 Å². The molecule has 0 fully saturated rings. The van der Waals surface area contributed by atoms with Gasteiger partial charge in [0.25, 0.3) is 0 Å². The molecule has 0 atom stereocenters. The first kappa shape index (κ1) is 14.9. The van der Waals surface area contributed by atoms with Crippen molar-refractivity contribution in [3.8, 4) is 5.75 Å². The van der Waals surface area contributed by atoms with Crippen LogP contribution in [0.15, 0.2) is 47.0 Å². The predicted octanol–water partition coefficient (Wildman–Crippen LogP) is 3.83. The van der Waals surface area contributed by atoms with Crippen molar-refractivity contribution in [1.82, 2.24) is 9.97 Å². The molecule has 1 aliphatic rings. The third kappa shape index (κ3) is 3.39. The Morgan fingerprint density at radius 3 is 2.86 bits per heavy atom. The van der Waals surface area contributed by atoms with E-state index in [1.54, 1.807) is 18.5 Å². The van der Waals surface area contributed by atoms with Crippen LogP contribution in [0.4, 0.5) is 0 Å². The normalized spacial score (nSPS) is 15.0. The maximum absolute atomic E-state index is 11.1. The molecule has 1 aliphatic carbocycles. The van der Waals surface area contributed by atoms with Gasteiger partial charge in [-0.3, -0.25) is 4.79 Å². The third-order valence-electron chi connectivity index (χ3n) is 3.84. The fourth-order valence-corrected chi connectivity index (χ4v) is 2.95. The number of pyridine rings is 2. The second-order valence-corrected chi connectivity index (χ2v) is 5.67. The number of H-pyrrole nitrogens is 1. The molecular weight excluding hydrogens is 300 g/mol. The van der Waals surface area contributed by atoms with Crippen molar-refractivity contribution in [3.63, 3.8) is 0 Å². The lowest BCUT2D eigenvalue weighted by Gasteiger charge is -2.21. The largest absolute Gasteiger partial charge is 0.488 e. The van der Waals surface area contributed by atoms with Crippen molar-refractivity contribution >= 4 is 17.2 Å². The Morgan fingerprint density at radius 2 is 2.09 bits per heavy atom. The fourth-order valence-electron chi connectivity index (χ4n) is 2.72. The van der Waals surface area contributed by atoms with Gasteiger partial charge in [-0.1, -0.05) is 17.7 Å². The Kier molecular flexibility index (Phi) is 4.59. The first-order chi connectivity index (χ1) is 10.7. The minimum absolute atomic E-state index is 0.132. The molecule has 0 radical (unpaired) electrons. The zero-order valence-electron chi connectivity index (χ0n) is 12.1. The van der Waals surface area contributed by atoms with Gasteiger partial charge in [0.15, 0.2) is 0 Å². The maximum atomic E-state index is 11.1. The van der Waals surface area contributed by atoms with Gasteiger partial charge in [0.05, 0.1) is 0 Å². The quantitative estimate of drug-likeness (QED) is 0.872. The van der Waals surface area contributed by atoms with Gasteiger partial charge in [0.1, 0.15) is 17.5 Å². The Labute approximate surface area is 133 Å². The molecule has 0 aliphatic heterocycles. The Bertz CT molecular complexity index is 732. The lowest BCUT2D eigenvalue weighted by molar-refractivity contribution is 0.343. The van der Waals surface area contributed by atoms with Gasteiger partial charge in [0, 0.05) is 24.0 Å². The van der Waals surface area contributed by atoms with E-state index in [-0.39, 0.29) is 5.56 Å². The standard InChI is InChI=1S/C17H17ClN2O2/c18-17-15(6-3-9-19-17)14-5-2-1-4-12(14)11-22-13-7-8-16(21)20-10-13/h3,6-10H,1-2,4-5,11H2,(H,20,21). The van der Waals surface area contributed by atoms with E-state index in [0.717, 1.165) is 31.2 Å². The van der Waals surface area contributed by atoms with Crippen molar-refractivity contribution in [1.29, 1.82) is 0 Å². The zero-order valence-corrected chi connectivity index (χ0v) is 12.9. The van der Waals surface area contributed by atoms with Crippen LogP contribution < -0.4 is 10.3 Å². The summed E-state index contributed by atoms with van der Waals surface area (Å²) in [5.41, 5.74) is 3.37. The SMILES string of the molecule is O=c1ccc(OCC2=C(c3cccnc3Cl)CCCC2)c[nH]1. The molecule has 2 aromatic rings. The number of hydrogen-bond acceptors (Lipinski definition) is 3. The number of ether oxygens (including phenoxy) is 1. The number of rotatable bonds is 4. The van der Waals surface area contributed by atoms with E-state index in [9.17, 15) is 4.79 Å². The molecule has 0 spiro atoms. The molecule has 0 aromatic carbocycles. The van der Waals surface area contributed by atoms with Crippen LogP contribution in [-0.2, 0) is 0 Å². The van der Waals surface area contributed by atoms with Gasteiger partial charge >= 0.3 is 0 Å². The second kappa shape index (κ2) is 6.79. The lowest BCUT2D eigenvalue weighted by atomic mass is 9.88. The van der Waals surface area contributed by atoms with Crippen LogP contribution in [0.25, 0.3) is 5.57 Å². The number of allylic oxidation sites excluding steroid dienone is 1. The molecule has 3 rings (SSSR count). The van der Waals surface area contributed by atoms with Crippen LogP contribution in [0.3, 0.4) is 0 Å². The summed E-state index contributed by atoms with van der Waals surface area (Å²) in [4.78, 5) is 17.8. The summed E-state index contributed by atoms with van der Waals surface area (Å²) in [6.07, 6.45) is 7.60. The van der Waals surface area contributed by atoms with Gasteiger partial charge in [0.2, 0.25) is 5.56 Å². The van der Waals surface area contributed by atoms with Gasteiger partial charge in [-0.05, 0) is 49.0 Å².